The number of carbonyl (C=O) groups is 3. The highest BCUT2D eigenvalue weighted by molar-refractivity contribution is 7.88. The van der Waals surface area contributed by atoms with E-state index in [4.69, 9.17) is 5.73 Å². The molecule has 184 valence electrons. The number of sulfonamides is 1. The smallest absolute Gasteiger partial charge is 0.340 e. The van der Waals surface area contributed by atoms with Crippen molar-refractivity contribution in [2.45, 2.75) is 19.4 Å². The Bertz CT molecular complexity index is 1380. The van der Waals surface area contributed by atoms with Crippen LogP contribution < -0.4 is 11.1 Å². The molecule has 0 bridgehead atoms. The van der Waals surface area contributed by atoms with Gasteiger partial charge < -0.3 is 16.0 Å². The Morgan fingerprint density at radius 2 is 1.83 bits per heavy atom. The average Bonchev–Trinajstić information content (AvgIpc) is 3.33. The fourth-order valence-electron chi connectivity index (χ4n) is 4.15. The first-order valence-corrected chi connectivity index (χ1v) is 13.0. The molecule has 11 heteroatoms. The van der Waals surface area contributed by atoms with Gasteiger partial charge in [-0.1, -0.05) is 36.4 Å². The molecule has 2 heterocycles. The monoisotopic (exact) mass is 497 g/mol. The second-order valence-electron chi connectivity index (χ2n) is 8.41. The lowest BCUT2D eigenvalue weighted by atomic mass is 10.0. The molecule has 1 fully saturated rings. The van der Waals surface area contributed by atoms with Crippen LogP contribution in [0.5, 0.6) is 0 Å². The summed E-state index contributed by atoms with van der Waals surface area (Å²) in [5.41, 5.74) is 9.67. The topological polar surface area (TPSA) is 146 Å². The Morgan fingerprint density at radius 3 is 2.49 bits per heavy atom. The third kappa shape index (κ3) is 5.20. The Hall–Kier alpha value is -3.70. The lowest BCUT2D eigenvalue weighted by Gasteiger charge is -2.15. The lowest BCUT2D eigenvalue weighted by Crippen LogP contribution is -2.36. The number of imide groups is 1. The zero-order chi connectivity index (χ0) is 25.2. The van der Waals surface area contributed by atoms with Gasteiger partial charge in [0.05, 0.1) is 6.26 Å². The molecule has 35 heavy (non-hydrogen) atoms. The van der Waals surface area contributed by atoms with Gasteiger partial charge in [0.25, 0.3) is 11.8 Å². The summed E-state index contributed by atoms with van der Waals surface area (Å²) in [5.74, 6) is -0.784. The van der Waals surface area contributed by atoms with E-state index in [1.807, 2.05) is 48.5 Å². The molecule has 1 aliphatic heterocycles. The molecule has 0 saturated carbocycles. The maximum atomic E-state index is 12.9. The van der Waals surface area contributed by atoms with E-state index in [1.54, 1.807) is 0 Å². The number of urea groups is 1. The molecular weight excluding hydrogens is 470 g/mol. The van der Waals surface area contributed by atoms with Crippen LogP contribution in [0.2, 0.25) is 0 Å². The van der Waals surface area contributed by atoms with Crippen LogP contribution in [0.1, 0.15) is 27.2 Å². The normalized spacial score (nSPS) is 14.2. The minimum absolute atomic E-state index is 0.0518. The van der Waals surface area contributed by atoms with Crippen molar-refractivity contribution in [3.8, 4) is 0 Å². The van der Waals surface area contributed by atoms with Crippen LogP contribution in [0.15, 0.2) is 48.5 Å². The van der Waals surface area contributed by atoms with Crippen molar-refractivity contribution in [3.05, 3.63) is 70.9 Å². The van der Waals surface area contributed by atoms with Gasteiger partial charge in [-0.05, 0) is 48.2 Å². The van der Waals surface area contributed by atoms with Gasteiger partial charge in [-0.3, -0.25) is 14.5 Å². The van der Waals surface area contributed by atoms with Crippen LogP contribution in [0.3, 0.4) is 0 Å². The Kier molecular flexibility index (Phi) is 6.90. The van der Waals surface area contributed by atoms with Crippen molar-refractivity contribution in [1.82, 2.24) is 19.5 Å². The van der Waals surface area contributed by atoms with E-state index in [0.717, 1.165) is 38.7 Å². The fourth-order valence-corrected chi connectivity index (χ4v) is 4.88. The highest BCUT2D eigenvalue weighted by atomic mass is 32.2. The van der Waals surface area contributed by atoms with Crippen molar-refractivity contribution in [1.29, 1.82) is 0 Å². The minimum Gasteiger partial charge on any atom is -0.350 e. The first-order chi connectivity index (χ1) is 16.7. The minimum atomic E-state index is -3.80. The number of nitrogens with one attached hydrogen (secondary N) is 2. The number of nitrogens with two attached hydrogens (primary N) is 1. The van der Waals surface area contributed by atoms with Crippen LogP contribution in [0.25, 0.3) is 10.9 Å². The summed E-state index contributed by atoms with van der Waals surface area (Å²) in [6.45, 7) is 0.325. The van der Waals surface area contributed by atoms with Gasteiger partial charge >= 0.3 is 6.03 Å². The molecule has 1 aromatic heterocycles. The SMILES string of the molecule is CS(=O)(=O)N1CC(=O)N(CCc2ccc3[nH]c(C(=O)NCc4ccccc4)c(CCN)c3c2)C1=O. The highest BCUT2D eigenvalue weighted by Gasteiger charge is 2.40. The Morgan fingerprint density at radius 1 is 1.09 bits per heavy atom. The zero-order valence-corrected chi connectivity index (χ0v) is 20.1. The number of hydrogen-bond donors (Lipinski definition) is 3. The summed E-state index contributed by atoms with van der Waals surface area (Å²) in [4.78, 5) is 41.6. The predicted octanol–water partition coefficient (Wildman–Crippen LogP) is 1.37. The number of aromatic nitrogens is 1. The van der Waals surface area contributed by atoms with Crippen LogP contribution in [-0.2, 0) is 34.2 Å². The van der Waals surface area contributed by atoms with Crippen LogP contribution in [-0.4, -0.2) is 66.3 Å². The Labute approximate surface area is 203 Å². The molecular formula is C24H27N5O5S. The van der Waals surface area contributed by atoms with E-state index in [2.05, 4.69) is 10.3 Å². The quantitative estimate of drug-likeness (QED) is 0.381. The van der Waals surface area contributed by atoms with Crippen LogP contribution in [0.4, 0.5) is 4.79 Å². The molecule has 4 rings (SSSR count). The summed E-state index contributed by atoms with van der Waals surface area (Å²) < 4.78 is 24.0. The van der Waals surface area contributed by atoms with Gasteiger partial charge in [-0.2, -0.15) is 0 Å². The van der Waals surface area contributed by atoms with Gasteiger partial charge in [0.15, 0.2) is 0 Å². The zero-order valence-electron chi connectivity index (χ0n) is 19.3. The predicted molar refractivity (Wildman–Crippen MR) is 131 cm³/mol. The van der Waals surface area contributed by atoms with Gasteiger partial charge in [0.1, 0.15) is 12.2 Å². The van der Waals surface area contributed by atoms with Gasteiger partial charge in [-0.15, -0.1) is 0 Å². The number of H-pyrrole nitrogens is 1. The number of hydrogen-bond acceptors (Lipinski definition) is 6. The van der Waals surface area contributed by atoms with E-state index >= 15 is 0 Å². The van der Waals surface area contributed by atoms with Crippen molar-refractivity contribution >= 4 is 38.8 Å². The van der Waals surface area contributed by atoms with Crippen LogP contribution >= 0.6 is 0 Å². The Balaban J connectivity index is 1.52. The molecule has 1 aliphatic rings. The molecule has 1 saturated heterocycles. The molecule has 0 aliphatic carbocycles. The molecule has 4 amide bonds. The maximum Gasteiger partial charge on any atom is 0.340 e. The molecule has 4 N–H and O–H groups in total. The summed E-state index contributed by atoms with van der Waals surface area (Å²) in [5, 5.41) is 3.77. The van der Waals surface area contributed by atoms with Crippen LogP contribution in [0, 0.1) is 0 Å². The number of benzene rings is 2. The first kappa shape index (κ1) is 24.4. The molecule has 3 aromatic rings. The van der Waals surface area contributed by atoms with Gasteiger partial charge in [-0.25, -0.2) is 17.5 Å². The van der Waals surface area contributed by atoms with E-state index in [9.17, 15) is 22.8 Å². The van der Waals surface area contributed by atoms with E-state index < -0.39 is 28.5 Å². The molecule has 0 spiro atoms. The van der Waals surface area contributed by atoms with Gasteiger partial charge in [0, 0.05) is 24.0 Å². The lowest BCUT2D eigenvalue weighted by molar-refractivity contribution is -0.125. The summed E-state index contributed by atoms with van der Waals surface area (Å²) >= 11 is 0. The molecule has 2 aromatic carbocycles. The van der Waals surface area contributed by atoms with Gasteiger partial charge in [0.2, 0.25) is 10.0 Å². The second kappa shape index (κ2) is 9.88. The second-order valence-corrected chi connectivity index (χ2v) is 10.3. The number of nitrogens with zero attached hydrogens (tertiary/aromatic N) is 2. The third-order valence-electron chi connectivity index (χ3n) is 5.94. The molecule has 0 atom stereocenters. The number of aromatic amines is 1. The van der Waals surface area contributed by atoms with Crippen molar-refractivity contribution in [2.75, 3.05) is 25.9 Å². The highest BCUT2D eigenvalue weighted by Crippen LogP contribution is 2.25. The van der Waals surface area contributed by atoms with Crippen molar-refractivity contribution < 1.29 is 22.8 Å². The number of fused-ring (bicyclic) bond motifs is 1. The van der Waals surface area contributed by atoms with E-state index in [0.29, 0.717) is 35.9 Å². The summed E-state index contributed by atoms with van der Waals surface area (Å²) in [6, 6.07) is 14.4. The van der Waals surface area contributed by atoms with Crippen molar-refractivity contribution in [3.63, 3.8) is 0 Å². The third-order valence-corrected chi connectivity index (χ3v) is 7.02. The fraction of sp³-hybridized carbons (Fsp3) is 0.292. The number of carbonyl (C=O) groups excluding carboxylic acids is 3. The largest absolute Gasteiger partial charge is 0.350 e. The first-order valence-electron chi connectivity index (χ1n) is 11.2. The van der Waals surface area contributed by atoms with Crippen molar-refractivity contribution in [2.24, 2.45) is 5.73 Å². The summed E-state index contributed by atoms with van der Waals surface area (Å²) in [7, 11) is -3.80. The molecule has 10 nitrogen and oxygen atoms in total. The summed E-state index contributed by atoms with van der Waals surface area (Å²) in [6.07, 6.45) is 1.73. The maximum absolute atomic E-state index is 12.9. The average molecular weight is 498 g/mol. The number of rotatable bonds is 9. The molecule has 0 radical (unpaired) electrons. The van der Waals surface area contributed by atoms with E-state index in [-0.39, 0.29) is 12.5 Å². The molecule has 0 unspecified atom stereocenters. The van der Waals surface area contributed by atoms with E-state index in [1.165, 1.54) is 0 Å². The standard InChI is InChI=1S/C24H27N5O5S/c1-35(33,34)29-15-21(30)28(24(29)32)12-10-16-7-8-20-19(13-16)18(9-11-25)22(27-20)23(31)26-14-17-5-3-2-4-6-17/h2-8,13,27H,9-12,14-15,25H2,1H3,(H,26,31). The number of amides is 4.